The van der Waals surface area contributed by atoms with Gasteiger partial charge in [0, 0.05) is 17.5 Å². The van der Waals surface area contributed by atoms with Gasteiger partial charge in [-0.25, -0.2) is 8.42 Å². The average molecular weight is 286 g/mol. The SMILES string of the molecule is CC(C)(C)c1nn(S(C)(=O)=O)c2c1[C@H](C(N)=O)NC2. The smallest absolute Gasteiger partial charge is 0.251 e. The summed E-state index contributed by atoms with van der Waals surface area (Å²) in [6.45, 7) is 6.01. The average Bonchev–Trinajstić information content (AvgIpc) is 2.69. The molecular formula is C11H18N4O3S. The van der Waals surface area contributed by atoms with Crippen LogP contribution in [0.4, 0.5) is 0 Å². The van der Waals surface area contributed by atoms with Crippen molar-refractivity contribution in [3.63, 3.8) is 0 Å². The summed E-state index contributed by atoms with van der Waals surface area (Å²) in [5.74, 6) is -0.530. The van der Waals surface area contributed by atoms with Gasteiger partial charge in [0.15, 0.2) is 0 Å². The zero-order chi connectivity index (χ0) is 14.6. The molecule has 1 atom stereocenters. The summed E-state index contributed by atoms with van der Waals surface area (Å²) in [5, 5.41) is 7.11. The number of hydrogen-bond donors (Lipinski definition) is 2. The van der Waals surface area contributed by atoms with Crippen molar-refractivity contribution in [1.82, 2.24) is 14.5 Å². The summed E-state index contributed by atoms with van der Waals surface area (Å²) >= 11 is 0. The van der Waals surface area contributed by atoms with Gasteiger partial charge in [-0.2, -0.15) is 9.19 Å². The van der Waals surface area contributed by atoms with E-state index in [0.29, 0.717) is 17.0 Å². The van der Waals surface area contributed by atoms with Crippen molar-refractivity contribution in [1.29, 1.82) is 0 Å². The molecule has 1 amide bonds. The van der Waals surface area contributed by atoms with Crippen molar-refractivity contribution in [2.75, 3.05) is 6.26 Å². The Labute approximate surface area is 112 Å². The number of rotatable bonds is 2. The number of nitrogens with two attached hydrogens (primary N) is 1. The summed E-state index contributed by atoms with van der Waals surface area (Å²) in [6, 6.07) is -0.681. The second-order valence-corrected chi connectivity index (χ2v) is 7.59. The molecule has 1 aromatic rings. The minimum atomic E-state index is -3.50. The molecule has 1 aliphatic rings. The molecular weight excluding hydrogens is 268 g/mol. The molecule has 1 aliphatic heterocycles. The number of primary amides is 1. The lowest BCUT2D eigenvalue weighted by Gasteiger charge is -2.19. The maximum atomic E-state index is 11.8. The molecule has 2 heterocycles. The predicted molar refractivity (Wildman–Crippen MR) is 69.9 cm³/mol. The highest BCUT2D eigenvalue weighted by Gasteiger charge is 2.39. The van der Waals surface area contributed by atoms with Crippen LogP contribution < -0.4 is 11.1 Å². The molecule has 0 radical (unpaired) electrons. The largest absolute Gasteiger partial charge is 0.368 e. The van der Waals surface area contributed by atoms with Gasteiger partial charge in [-0.3, -0.25) is 10.1 Å². The van der Waals surface area contributed by atoms with E-state index in [-0.39, 0.29) is 12.0 Å². The van der Waals surface area contributed by atoms with E-state index in [1.807, 2.05) is 20.8 Å². The molecule has 0 saturated carbocycles. The molecule has 0 aromatic carbocycles. The second kappa shape index (κ2) is 4.04. The fourth-order valence-electron chi connectivity index (χ4n) is 2.28. The van der Waals surface area contributed by atoms with Crippen LogP contribution in [0.1, 0.15) is 43.8 Å². The first-order chi connectivity index (χ1) is 8.53. The van der Waals surface area contributed by atoms with E-state index in [2.05, 4.69) is 10.4 Å². The molecule has 0 aliphatic carbocycles. The van der Waals surface area contributed by atoms with Gasteiger partial charge in [0.25, 0.3) is 10.0 Å². The second-order valence-electron chi connectivity index (χ2n) is 5.78. The highest BCUT2D eigenvalue weighted by Crippen LogP contribution is 2.35. The number of aromatic nitrogens is 2. The van der Waals surface area contributed by atoms with Gasteiger partial charge in [0.1, 0.15) is 6.04 Å². The molecule has 0 spiro atoms. The van der Waals surface area contributed by atoms with Crippen LogP contribution in [0.25, 0.3) is 0 Å². The topological polar surface area (TPSA) is 107 Å². The number of carbonyl (C=O) groups is 1. The Hall–Kier alpha value is -1.41. The number of carbonyl (C=O) groups excluding carboxylic acids is 1. The number of hydrogen-bond acceptors (Lipinski definition) is 5. The maximum Gasteiger partial charge on any atom is 0.251 e. The molecule has 0 fully saturated rings. The predicted octanol–water partition coefficient (Wildman–Crippen LogP) is -0.382. The highest BCUT2D eigenvalue weighted by molar-refractivity contribution is 7.89. The Morgan fingerprint density at radius 1 is 1.47 bits per heavy atom. The zero-order valence-electron chi connectivity index (χ0n) is 11.4. The molecule has 3 N–H and O–H groups in total. The van der Waals surface area contributed by atoms with E-state index in [1.165, 1.54) is 0 Å². The van der Waals surface area contributed by atoms with Gasteiger partial charge in [0.2, 0.25) is 5.91 Å². The Morgan fingerprint density at radius 2 is 2.05 bits per heavy atom. The first-order valence-electron chi connectivity index (χ1n) is 5.89. The molecule has 0 unspecified atom stereocenters. The van der Waals surface area contributed by atoms with Crippen LogP contribution >= 0.6 is 0 Å². The van der Waals surface area contributed by atoms with E-state index in [9.17, 15) is 13.2 Å². The van der Waals surface area contributed by atoms with E-state index in [1.54, 1.807) is 0 Å². The van der Waals surface area contributed by atoms with Gasteiger partial charge < -0.3 is 5.73 Å². The summed E-state index contributed by atoms with van der Waals surface area (Å²) in [5.41, 5.74) is 6.66. The molecule has 2 rings (SSSR count). The third-order valence-corrected chi connectivity index (χ3v) is 3.99. The summed E-state index contributed by atoms with van der Waals surface area (Å²) < 4.78 is 24.5. The minimum Gasteiger partial charge on any atom is -0.368 e. The summed E-state index contributed by atoms with van der Waals surface area (Å²) in [7, 11) is -3.50. The first kappa shape index (κ1) is 14.0. The number of nitrogens with zero attached hydrogens (tertiary/aromatic N) is 2. The van der Waals surface area contributed by atoms with Crippen LogP contribution in [0, 0.1) is 0 Å². The van der Waals surface area contributed by atoms with Gasteiger partial charge in [-0.1, -0.05) is 20.8 Å². The molecule has 1 aromatic heterocycles. The normalized spacial score (nSPS) is 19.5. The van der Waals surface area contributed by atoms with Crippen LogP contribution in [0.15, 0.2) is 0 Å². The Balaban J connectivity index is 2.75. The standard InChI is InChI=1S/C11H18N4O3S/c1-11(2,3)9-7-6(5-13-8(7)10(12)16)15(14-9)19(4,17)18/h8,13H,5H2,1-4H3,(H2,12,16)/t8-/m1/s1. The van der Waals surface area contributed by atoms with E-state index >= 15 is 0 Å². The molecule has 0 bridgehead atoms. The lowest BCUT2D eigenvalue weighted by atomic mass is 9.87. The van der Waals surface area contributed by atoms with Crippen molar-refractivity contribution in [3.8, 4) is 0 Å². The minimum absolute atomic E-state index is 0.263. The number of amides is 1. The third kappa shape index (κ3) is 2.25. The van der Waals surface area contributed by atoms with E-state index in [4.69, 9.17) is 5.73 Å². The van der Waals surface area contributed by atoms with Crippen molar-refractivity contribution in [3.05, 3.63) is 17.0 Å². The number of fused-ring (bicyclic) bond motifs is 1. The van der Waals surface area contributed by atoms with Gasteiger partial charge >= 0.3 is 0 Å². The van der Waals surface area contributed by atoms with Crippen molar-refractivity contribution in [2.45, 2.75) is 38.8 Å². The van der Waals surface area contributed by atoms with E-state index < -0.39 is 22.0 Å². The molecule has 7 nitrogen and oxygen atoms in total. The van der Waals surface area contributed by atoms with Gasteiger partial charge in [-0.05, 0) is 0 Å². The monoisotopic (exact) mass is 286 g/mol. The van der Waals surface area contributed by atoms with Crippen molar-refractivity contribution < 1.29 is 13.2 Å². The van der Waals surface area contributed by atoms with Gasteiger partial charge in [-0.15, -0.1) is 0 Å². The third-order valence-electron chi connectivity index (χ3n) is 3.06. The van der Waals surface area contributed by atoms with Crippen molar-refractivity contribution in [2.24, 2.45) is 5.73 Å². The quantitative estimate of drug-likeness (QED) is 0.770. The molecule has 106 valence electrons. The fourth-order valence-corrected chi connectivity index (χ4v) is 3.08. The van der Waals surface area contributed by atoms with Crippen LogP contribution in [0.2, 0.25) is 0 Å². The molecule has 8 heteroatoms. The zero-order valence-corrected chi connectivity index (χ0v) is 12.2. The Bertz CT molecular complexity index is 640. The fraction of sp³-hybridized carbons (Fsp3) is 0.636. The lowest BCUT2D eigenvalue weighted by molar-refractivity contribution is -0.120. The highest BCUT2D eigenvalue weighted by atomic mass is 32.2. The van der Waals surface area contributed by atoms with Crippen LogP contribution in [-0.2, 0) is 26.8 Å². The summed E-state index contributed by atoms with van der Waals surface area (Å²) in [6.07, 6.45) is 1.09. The van der Waals surface area contributed by atoms with E-state index in [0.717, 1.165) is 10.3 Å². The molecule has 0 saturated heterocycles. The lowest BCUT2D eigenvalue weighted by Crippen LogP contribution is -2.31. The Kier molecular flexibility index (Phi) is 2.98. The first-order valence-corrected chi connectivity index (χ1v) is 7.74. The van der Waals surface area contributed by atoms with Crippen LogP contribution in [0.3, 0.4) is 0 Å². The summed E-state index contributed by atoms with van der Waals surface area (Å²) in [4.78, 5) is 11.5. The molecule has 19 heavy (non-hydrogen) atoms. The number of nitrogens with one attached hydrogen (secondary N) is 1. The van der Waals surface area contributed by atoms with Gasteiger partial charge in [0.05, 0.1) is 17.6 Å². The van der Waals surface area contributed by atoms with Crippen molar-refractivity contribution >= 4 is 15.9 Å². The van der Waals surface area contributed by atoms with Crippen LogP contribution in [-0.4, -0.2) is 29.8 Å². The maximum absolute atomic E-state index is 11.8. The van der Waals surface area contributed by atoms with Crippen LogP contribution in [0.5, 0.6) is 0 Å². The Morgan fingerprint density at radius 3 is 2.47 bits per heavy atom.